The molecule has 1 amide bonds. The molecule has 1 aliphatic heterocycles. The van der Waals surface area contributed by atoms with Gasteiger partial charge >= 0.3 is 0 Å². The van der Waals surface area contributed by atoms with Gasteiger partial charge in [-0.15, -0.1) is 0 Å². The van der Waals surface area contributed by atoms with Crippen molar-refractivity contribution >= 4 is 17.5 Å². The number of hydrogen-bond donors (Lipinski definition) is 1. The molecule has 5 heteroatoms. The maximum Gasteiger partial charge on any atom is 0.254 e. The van der Waals surface area contributed by atoms with Gasteiger partial charge in [0.1, 0.15) is 0 Å². The molecule has 0 bridgehead atoms. The van der Waals surface area contributed by atoms with Crippen LogP contribution in [0.2, 0.25) is 5.02 Å². The van der Waals surface area contributed by atoms with Gasteiger partial charge in [-0.25, -0.2) is 0 Å². The molecule has 0 aromatic carbocycles. The van der Waals surface area contributed by atoms with Gasteiger partial charge < -0.3 is 10.1 Å². The Kier molecular flexibility index (Phi) is 3.88. The molecule has 1 N–H and O–H groups in total. The Morgan fingerprint density at radius 3 is 3.00 bits per heavy atom. The quantitative estimate of drug-likeness (QED) is 0.896. The fourth-order valence-corrected chi connectivity index (χ4v) is 2.36. The highest BCUT2D eigenvalue weighted by atomic mass is 35.5. The molecular formula is C13H17ClN2O2. The molecule has 2 heterocycles. The second-order valence-corrected chi connectivity index (χ2v) is 5.38. The second kappa shape index (κ2) is 5.24. The van der Waals surface area contributed by atoms with E-state index >= 15 is 0 Å². The highest BCUT2D eigenvalue weighted by Crippen LogP contribution is 2.21. The lowest BCUT2D eigenvalue weighted by molar-refractivity contribution is 0.0272. The van der Waals surface area contributed by atoms with E-state index in [0.717, 1.165) is 25.1 Å². The molecule has 0 aliphatic carbocycles. The van der Waals surface area contributed by atoms with Gasteiger partial charge in [-0.1, -0.05) is 11.6 Å². The number of nitrogens with zero attached hydrogens (tertiary/aromatic N) is 1. The summed E-state index contributed by atoms with van der Waals surface area (Å²) >= 11 is 6.06. The number of ether oxygens (including phenoxy) is 1. The van der Waals surface area contributed by atoms with Crippen LogP contribution in [-0.4, -0.2) is 29.6 Å². The maximum absolute atomic E-state index is 12.2. The van der Waals surface area contributed by atoms with Crippen LogP contribution in [0.15, 0.2) is 12.3 Å². The standard InChI is InChI=1S/C13H17ClN2O2/c1-9-6-11(14)10(7-15-9)12(17)16-13(2)4-3-5-18-8-13/h6-7H,3-5,8H2,1-2H3,(H,16,17). The van der Waals surface area contributed by atoms with Crippen molar-refractivity contribution in [2.24, 2.45) is 0 Å². The van der Waals surface area contributed by atoms with Crippen LogP contribution in [0.4, 0.5) is 0 Å². The number of nitrogens with one attached hydrogen (secondary N) is 1. The number of pyridine rings is 1. The van der Waals surface area contributed by atoms with Crippen LogP contribution in [0.5, 0.6) is 0 Å². The highest BCUT2D eigenvalue weighted by molar-refractivity contribution is 6.33. The highest BCUT2D eigenvalue weighted by Gasteiger charge is 2.30. The van der Waals surface area contributed by atoms with E-state index in [0.29, 0.717) is 17.2 Å². The number of carbonyl (C=O) groups excluding carboxylic acids is 1. The van der Waals surface area contributed by atoms with Crippen molar-refractivity contribution in [2.45, 2.75) is 32.2 Å². The fraction of sp³-hybridized carbons (Fsp3) is 0.538. The van der Waals surface area contributed by atoms with E-state index < -0.39 is 0 Å². The molecule has 18 heavy (non-hydrogen) atoms. The number of aromatic nitrogens is 1. The first-order valence-electron chi connectivity index (χ1n) is 6.03. The molecule has 1 aromatic heterocycles. The molecule has 1 aliphatic rings. The number of hydrogen-bond acceptors (Lipinski definition) is 3. The largest absolute Gasteiger partial charge is 0.379 e. The van der Waals surface area contributed by atoms with Gasteiger partial charge in [0.05, 0.1) is 22.7 Å². The van der Waals surface area contributed by atoms with Gasteiger partial charge in [0, 0.05) is 18.5 Å². The minimum absolute atomic E-state index is 0.194. The lowest BCUT2D eigenvalue weighted by Gasteiger charge is -2.34. The average Bonchev–Trinajstić information content (AvgIpc) is 2.28. The van der Waals surface area contributed by atoms with Crippen LogP contribution >= 0.6 is 11.6 Å². The van der Waals surface area contributed by atoms with Gasteiger partial charge in [-0.2, -0.15) is 0 Å². The van der Waals surface area contributed by atoms with Crippen LogP contribution < -0.4 is 5.32 Å². The van der Waals surface area contributed by atoms with Crippen molar-refractivity contribution in [1.29, 1.82) is 0 Å². The molecule has 1 aromatic rings. The van der Waals surface area contributed by atoms with Crippen LogP contribution in [0, 0.1) is 6.92 Å². The van der Waals surface area contributed by atoms with Crippen LogP contribution in [0.25, 0.3) is 0 Å². The van der Waals surface area contributed by atoms with E-state index in [1.54, 1.807) is 6.07 Å². The second-order valence-electron chi connectivity index (χ2n) is 4.98. The number of aryl methyl sites for hydroxylation is 1. The Morgan fingerprint density at radius 1 is 1.61 bits per heavy atom. The van der Waals surface area contributed by atoms with E-state index in [-0.39, 0.29) is 11.4 Å². The van der Waals surface area contributed by atoms with Crippen LogP contribution in [0.1, 0.15) is 35.8 Å². The summed E-state index contributed by atoms with van der Waals surface area (Å²) in [6.07, 6.45) is 3.38. The van der Waals surface area contributed by atoms with Gasteiger partial charge in [0.15, 0.2) is 0 Å². The molecule has 1 saturated heterocycles. The normalized spacial score (nSPS) is 23.7. The van der Waals surface area contributed by atoms with E-state index in [1.165, 1.54) is 6.20 Å². The average molecular weight is 269 g/mol. The van der Waals surface area contributed by atoms with Crippen molar-refractivity contribution in [3.8, 4) is 0 Å². The Labute approximate surface area is 112 Å². The summed E-state index contributed by atoms with van der Waals surface area (Å²) in [6.45, 7) is 5.12. The van der Waals surface area contributed by atoms with Crippen LogP contribution in [-0.2, 0) is 4.74 Å². The minimum atomic E-state index is -0.316. The predicted molar refractivity (Wildman–Crippen MR) is 69.9 cm³/mol. The Morgan fingerprint density at radius 2 is 2.39 bits per heavy atom. The molecule has 4 nitrogen and oxygen atoms in total. The summed E-state index contributed by atoms with van der Waals surface area (Å²) < 4.78 is 5.41. The first-order valence-corrected chi connectivity index (χ1v) is 6.40. The molecular weight excluding hydrogens is 252 g/mol. The molecule has 2 rings (SSSR count). The fourth-order valence-electron chi connectivity index (χ4n) is 2.07. The molecule has 0 saturated carbocycles. The molecule has 0 radical (unpaired) electrons. The summed E-state index contributed by atoms with van der Waals surface area (Å²) in [7, 11) is 0. The Hall–Kier alpha value is -1.13. The monoisotopic (exact) mass is 268 g/mol. The molecule has 98 valence electrons. The maximum atomic E-state index is 12.2. The SMILES string of the molecule is Cc1cc(Cl)c(C(=O)NC2(C)CCCOC2)cn1. The summed E-state index contributed by atoms with van der Waals surface area (Å²) in [4.78, 5) is 16.3. The van der Waals surface area contributed by atoms with Crippen molar-refractivity contribution in [3.63, 3.8) is 0 Å². The zero-order chi connectivity index (χ0) is 13.2. The summed E-state index contributed by atoms with van der Waals surface area (Å²) in [6, 6.07) is 1.69. The van der Waals surface area contributed by atoms with Crippen molar-refractivity contribution in [2.75, 3.05) is 13.2 Å². The topological polar surface area (TPSA) is 51.2 Å². The number of rotatable bonds is 2. The third-order valence-electron chi connectivity index (χ3n) is 3.09. The third-order valence-corrected chi connectivity index (χ3v) is 3.40. The summed E-state index contributed by atoms with van der Waals surface area (Å²) in [5.41, 5.74) is 0.890. The van der Waals surface area contributed by atoms with Crippen LogP contribution in [0.3, 0.4) is 0 Å². The lowest BCUT2D eigenvalue weighted by Crippen LogP contribution is -2.51. The Bertz CT molecular complexity index is 456. The summed E-state index contributed by atoms with van der Waals surface area (Å²) in [5, 5.41) is 3.41. The van der Waals surface area contributed by atoms with Crippen molar-refractivity contribution in [3.05, 3.63) is 28.5 Å². The van der Waals surface area contributed by atoms with Gasteiger partial charge in [0.2, 0.25) is 0 Å². The minimum Gasteiger partial charge on any atom is -0.379 e. The molecule has 1 fully saturated rings. The lowest BCUT2D eigenvalue weighted by atomic mass is 9.94. The molecule has 0 spiro atoms. The number of carbonyl (C=O) groups is 1. The smallest absolute Gasteiger partial charge is 0.254 e. The molecule has 1 unspecified atom stereocenters. The first-order chi connectivity index (χ1) is 8.50. The van der Waals surface area contributed by atoms with Gasteiger partial charge in [0.25, 0.3) is 5.91 Å². The van der Waals surface area contributed by atoms with Crippen molar-refractivity contribution in [1.82, 2.24) is 10.3 Å². The van der Waals surface area contributed by atoms with E-state index in [4.69, 9.17) is 16.3 Å². The van der Waals surface area contributed by atoms with Gasteiger partial charge in [-0.05, 0) is 32.8 Å². The molecule has 1 atom stereocenters. The zero-order valence-corrected chi connectivity index (χ0v) is 11.4. The predicted octanol–water partition coefficient (Wildman–Crippen LogP) is 2.34. The zero-order valence-electron chi connectivity index (χ0n) is 10.6. The first kappa shape index (κ1) is 13.3. The van der Waals surface area contributed by atoms with E-state index in [1.807, 2.05) is 13.8 Å². The third kappa shape index (κ3) is 3.00. The van der Waals surface area contributed by atoms with Crippen molar-refractivity contribution < 1.29 is 9.53 Å². The number of amides is 1. The Balaban J connectivity index is 2.11. The summed E-state index contributed by atoms with van der Waals surface area (Å²) in [5.74, 6) is -0.194. The van der Waals surface area contributed by atoms with Gasteiger partial charge in [-0.3, -0.25) is 9.78 Å². The van der Waals surface area contributed by atoms with E-state index in [9.17, 15) is 4.79 Å². The van der Waals surface area contributed by atoms with E-state index in [2.05, 4.69) is 10.3 Å². The number of halogens is 1.